The van der Waals surface area contributed by atoms with E-state index in [1.54, 1.807) is 10.8 Å². The number of hydrogen-bond acceptors (Lipinski definition) is 7. The summed E-state index contributed by atoms with van der Waals surface area (Å²) in [5, 5.41) is 9.29. The van der Waals surface area contributed by atoms with Crippen molar-refractivity contribution < 1.29 is 28.2 Å². The van der Waals surface area contributed by atoms with Crippen LogP contribution in [0.4, 0.5) is 19.4 Å². The monoisotopic (exact) mass is 426 g/mol. The lowest BCUT2D eigenvalue weighted by Crippen LogP contribution is -2.38. The highest BCUT2D eigenvalue weighted by Crippen LogP contribution is 2.38. The average molecular weight is 426 g/mol. The lowest BCUT2D eigenvalue weighted by Gasteiger charge is -2.17. The van der Waals surface area contributed by atoms with Crippen molar-refractivity contribution in [3.63, 3.8) is 0 Å². The number of rotatable bonds is 5. The van der Waals surface area contributed by atoms with E-state index in [1.165, 1.54) is 11.8 Å². The molecule has 1 aromatic carbocycles. The third-order valence-corrected chi connectivity index (χ3v) is 5.97. The molecule has 2 aliphatic rings. The van der Waals surface area contributed by atoms with Gasteiger partial charge in [-0.1, -0.05) is 0 Å². The van der Waals surface area contributed by atoms with Crippen LogP contribution in [0, 0.1) is 0 Å². The van der Waals surface area contributed by atoms with Gasteiger partial charge in [-0.05, 0) is 25.1 Å². The van der Waals surface area contributed by atoms with Crippen LogP contribution < -0.4 is 15.4 Å². The number of hydrogen-bond donors (Lipinski definition) is 2. The molecule has 156 valence electrons. The molecule has 1 saturated heterocycles. The number of imidazole rings is 1. The van der Waals surface area contributed by atoms with E-state index < -0.39 is 24.8 Å². The molecule has 4 rings (SSSR count). The Balaban J connectivity index is 1.68. The van der Waals surface area contributed by atoms with Gasteiger partial charge in [0.1, 0.15) is 37.1 Å². The number of cyclic esters (lactones) is 1. The maximum Gasteiger partial charge on any atom is 0.416 e. The molecule has 0 saturated carbocycles. The highest BCUT2D eigenvalue weighted by Gasteiger charge is 2.42. The Labute approximate surface area is 169 Å². The van der Waals surface area contributed by atoms with Crippen LogP contribution in [0.5, 0.6) is 5.75 Å². The molecule has 8 nitrogen and oxygen atoms in total. The first-order valence-corrected chi connectivity index (χ1v) is 9.92. The number of nitrogens with zero attached hydrogens (tertiary/aromatic N) is 3. The number of benzene rings is 1. The normalized spacial score (nSPS) is 20.6. The molecule has 3 heterocycles. The van der Waals surface area contributed by atoms with Crippen LogP contribution in [0.2, 0.25) is 0 Å². The zero-order valence-electron chi connectivity index (χ0n) is 15.5. The Morgan fingerprint density at radius 2 is 2.17 bits per heavy atom. The number of aliphatic hydroxyl groups is 1. The van der Waals surface area contributed by atoms with Crippen molar-refractivity contribution >= 4 is 23.7 Å². The number of aliphatic hydroxyl groups excluding tert-OH is 1. The predicted molar refractivity (Wildman–Crippen MR) is 102 cm³/mol. The van der Waals surface area contributed by atoms with Gasteiger partial charge in [0.2, 0.25) is 0 Å². The molecule has 2 aliphatic heterocycles. The van der Waals surface area contributed by atoms with E-state index in [1.807, 2.05) is 25.1 Å². The van der Waals surface area contributed by atoms with Crippen molar-refractivity contribution in [3.8, 4) is 17.1 Å². The van der Waals surface area contributed by atoms with Gasteiger partial charge in [0.25, 0.3) is 6.43 Å². The molecule has 0 spiro atoms. The van der Waals surface area contributed by atoms with Gasteiger partial charge in [-0.2, -0.15) is 0 Å². The minimum atomic E-state index is -2.74. The number of anilines is 1. The van der Waals surface area contributed by atoms with E-state index in [4.69, 9.17) is 15.2 Å². The highest BCUT2D eigenvalue weighted by atomic mass is 32.2. The summed E-state index contributed by atoms with van der Waals surface area (Å²) in [5.74, 6) is 1.22. The second-order valence-corrected chi connectivity index (χ2v) is 8.24. The minimum Gasteiger partial charge on any atom is -0.491 e. The Bertz CT molecular complexity index is 923. The Morgan fingerprint density at radius 3 is 2.90 bits per heavy atom. The summed E-state index contributed by atoms with van der Waals surface area (Å²) in [4.78, 5) is 18.2. The average Bonchev–Trinajstić information content (AvgIpc) is 3.21. The van der Waals surface area contributed by atoms with Crippen LogP contribution in [0.15, 0.2) is 29.3 Å². The van der Waals surface area contributed by atoms with Gasteiger partial charge in [-0.15, -0.1) is 11.8 Å². The molecular weight excluding hydrogens is 406 g/mol. The lowest BCUT2D eigenvalue weighted by atomic mass is 10.2. The minimum absolute atomic E-state index is 0.124. The SMILES string of the molecule is C[C@H](Sc1ccc2c(c1)OCCn1cc(N3C(=O)OC[C@H]3C(F)F)nc1-2)C(N)O. The van der Waals surface area contributed by atoms with E-state index in [0.717, 1.165) is 9.80 Å². The van der Waals surface area contributed by atoms with E-state index in [2.05, 4.69) is 4.98 Å². The summed E-state index contributed by atoms with van der Waals surface area (Å²) < 4.78 is 39.0. The lowest BCUT2D eigenvalue weighted by molar-refractivity contribution is 0.104. The van der Waals surface area contributed by atoms with E-state index >= 15 is 0 Å². The fourth-order valence-corrected chi connectivity index (χ4v) is 4.10. The van der Waals surface area contributed by atoms with Crippen molar-refractivity contribution in [2.45, 2.75) is 42.3 Å². The number of amides is 1. The standard InChI is InChI=1S/C18H20F2N4O4S/c1-9(16(21)25)29-10-2-3-11-13(6-10)27-5-4-23-7-14(22-17(11)23)24-12(15(19)20)8-28-18(24)26/h2-3,6-7,9,12,15-16,25H,4-5,8,21H2,1H3/t9-,12-,16?/m0/s1. The number of fused-ring (bicyclic) bond motifs is 3. The number of nitrogens with two attached hydrogens (primary N) is 1. The summed E-state index contributed by atoms with van der Waals surface area (Å²) in [6, 6.07) is 4.13. The molecule has 0 bridgehead atoms. The number of alkyl halides is 2. The second kappa shape index (κ2) is 7.81. The molecule has 1 amide bonds. The van der Waals surface area contributed by atoms with Gasteiger partial charge < -0.3 is 24.9 Å². The van der Waals surface area contributed by atoms with Crippen molar-refractivity contribution in [2.75, 3.05) is 18.1 Å². The van der Waals surface area contributed by atoms with E-state index in [0.29, 0.717) is 30.3 Å². The van der Waals surface area contributed by atoms with Gasteiger partial charge >= 0.3 is 6.09 Å². The third kappa shape index (κ3) is 3.77. The molecular formula is C18H20F2N4O4S. The molecule has 1 fully saturated rings. The zero-order valence-corrected chi connectivity index (χ0v) is 16.3. The summed E-state index contributed by atoms with van der Waals surface area (Å²) in [7, 11) is 0. The highest BCUT2D eigenvalue weighted by molar-refractivity contribution is 8.00. The molecule has 1 unspecified atom stereocenters. The zero-order chi connectivity index (χ0) is 20.7. The quantitative estimate of drug-likeness (QED) is 0.559. The largest absolute Gasteiger partial charge is 0.491 e. The number of thioether (sulfide) groups is 1. The number of aromatic nitrogens is 2. The molecule has 0 radical (unpaired) electrons. The molecule has 1 aromatic heterocycles. The second-order valence-electron chi connectivity index (χ2n) is 6.78. The van der Waals surface area contributed by atoms with Crippen LogP contribution in [0.25, 0.3) is 11.4 Å². The van der Waals surface area contributed by atoms with Crippen LogP contribution in [-0.2, 0) is 11.3 Å². The molecule has 3 N–H and O–H groups in total. The fourth-order valence-electron chi connectivity index (χ4n) is 3.21. The van der Waals surface area contributed by atoms with Gasteiger partial charge in [-0.25, -0.2) is 23.5 Å². The van der Waals surface area contributed by atoms with Crippen molar-refractivity contribution in [1.82, 2.24) is 9.55 Å². The molecule has 11 heteroatoms. The summed E-state index contributed by atoms with van der Waals surface area (Å²) in [6.45, 7) is 2.24. The molecule has 3 atom stereocenters. The predicted octanol–water partition coefficient (Wildman–Crippen LogP) is 2.29. The first kappa shape index (κ1) is 19.9. The number of carbonyl (C=O) groups excluding carboxylic acids is 1. The van der Waals surface area contributed by atoms with Crippen molar-refractivity contribution in [1.29, 1.82) is 0 Å². The van der Waals surface area contributed by atoms with E-state index in [9.17, 15) is 18.7 Å². The Hall–Kier alpha value is -2.37. The number of halogens is 2. The first-order valence-electron chi connectivity index (χ1n) is 9.04. The molecule has 2 aromatic rings. The summed E-state index contributed by atoms with van der Waals surface area (Å²) >= 11 is 1.41. The fraction of sp³-hybridized carbons (Fsp3) is 0.444. The van der Waals surface area contributed by atoms with Gasteiger partial charge in [-0.3, -0.25) is 0 Å². The maximum absolute atomic E-state index is 13.3. The molecule has 29 heavy (non-hydrogen) atoms. The van der Waals surface area contributed by atoms with Crippen LogP contribution >= 0.6 is 11.8 Å². The van der Waals surface area contributed by atoms with Gasteiger partial charge in [0, 0.05) is 16.3 Å². The van der Waals surface area contributed by atoms with Crippen LogP contribution in [0.1, 0.15) is 6.92 Å². The third-order valence-electron chi connectivity index (χ3n) is 4.79. The topological polar surface area (TPSA) is 103 Å². The van der Waals surface area contributed by atoms with E-state index in [-0.39, 0.29) is 17.7 Å². The van der Waals surface area contributed by atoms with Crippen LogP contribution in [-0.4, -0.2) is 57.9 Å². The van der Waals surface area contributed by atoms with Gasteiger partial charge in [0.15, 0.2) is 5.82 Å². The smallest absolute Gasteiger partial charge is 0.416 e. The maximum atomic E-state index is 13.3. The number of carbonyl (C=O) groups is 1. The molecule has 0 aliphatic carbocycles. The summed E-state index contributed by atoms with van der Waals surface area (Å²) in [5.41, 5.74) is 6.19. The summed E-state index contributed by atoms with van der Waals surface area (Å²) in [6.07, 6.45) is -2.96. The Morgan fingerprint density at radius 1 is 1.38 bits per heavy atom. The first-order chi connectivity index (χ1) is 13.8. The van der Waals surface area contributed by atoms with Crippen molar-refractivity contribution in [3.05, 3.63) is 24.4 Å². The van der Waals surface area contributed by atoms with Crippen LogP contribution in [0.3, 0.4) is 0 Å². The van der Waals surface area contributed by atoms with Crippen molar-refractivity contribution in [2.24, 2.45) is 5.73 Å². The van der Waals surface area contributed by atoms with Gasteiger partial charge in [0.05, 0.1) is 12.1 Å². The Kier molecular flexibility index (Phi) is 5.36. The number of ether oxygens (including phenoxy) is 2.